The van der Waals surface area contributed by atoms with Crippen LogP contribution in [-0.2, 0) is 22.5 Å². The van der Waals surface area contributed by atoms with Gasteiger partial charge in [0.15, 0.2) is 0 Å². The molecule has 0 saturated carbocycles. The smallest absolute Gasteiger partial charge is 0.247 e. The van der Waals surface area contributed by atoms with Crippen LogP contribution in [0, 0.1) is 6.92 Å². The van der Waals surface area contributed by atoms with E-state index in [0.29, 0.717) is 18.8 Å². The summed E-state index contributed by atoms with van der Waals surface area (Å²) in [5.74, 6) is 0.448. The van der Waals surface area contributed by atoms with Gasteiger partial charge < -0.3 is 24.9 Å². The summed E-state index contributed by atoms with van der Waals surface area (Å²) >= 11 is 0. The Morgan fingerprint density at radius 2 is 1.93 bits per heavy atom. The van der Waals surface area contributed by atoms with Gasteiger partial charge in [-0.25, -0.2) is 0 Å². The number of aromatic nitrogens is 2. The maximum Gasteiger partial charge on any atom is 0.247 e. The monoisotopic (exact) mass is 540 g/mol. The first-order valence-electron chi connectivity index (χ1n) is 14.3. The Balaban J connectivity index is 1.23. The van der Waals surface area contributed by atoms with Gasteiger partial charge in [0.2, 0.25) is 11.5 Å². The first-order valence-corrected chi connectivity index (χ1v) is 14.3. The van der Waals surface area contributed by atoms with Crippen molar-refractivity contribution in [3.63, 3.8) is 0 Å². The summed E-state index contributed by atoms with van der Waals surface area (Å²) in [6.45, 7) is 5.33. The van der Waals surface area contributed by atoms with Crippen molar-refractivity contribution >= 4 is 16.8 Å². The van der Waals surface area contributed by atoms with Gasteiger partial charge in [-0.1, -0.05) is 36.4 Å². The number of nitrogens with zero attached hydrogens (tertiary/aromatic N) is 2. The van der Waals surface area contributed by atoms with E-state index >= 15 is 0 Å². The van der Waals surface area contributed by atoms with Crippen LogP contribution in [0.2, 0.25) is 0 Å². The van der Waals surface area contributed by atoms with Crippen molar-refractivity contribution < 1.29 is 9.53 Å². The van der Waals surface area contributed by atoms with Crippen molar-refractivity contribution in [2.75, 3.05) is 26.8 Å². The van der Waals surface area contributed by atoms with Crippen molar-refractivity contribution in [1.82, 2.24) is 14.5 Å². The van der Waals surface area contributed by atoms with Crippen molar-refractivity contribution in [1.29, 1.82) is 0 Å². The largest absolute Gasteiger partial charge is 0.385 e. The van der Waals surface area contributed by atoms with Gasteiger partial charge in [0, 0.05) is 80.6 Å². The third-order valence-electron chi connectivity index (χ3n) is 8.12. The molecular weight excluding hydrogens is 500 g/mol. The minimum Gasteiger partial charge on any atom is -0.385 e. The fourth-order valence-electron chi connectivity index (χ4n) is 6.00. The van der Waals surface area contributed by atoms with Crippen molar-refractivity contribution in [3.8, 4) is 11.1 Å². The zero-order valence-corrected chi connectivity index (χ0v) is 23.6. The van der Waals surface area contributed by atoms with Crippen LogP contribution in [0.5, 0.6) is 0 Å². The third-order valence-corrected chi connectivity index (χ3v) is 8.12. The van der Waals surface area contributed by atoms with Crippen LogP contribution in [0.4, 0.5) is 0 Å². The highest BCUT2D eigenvalue weighted by atomic mass is 16.5. The molecule has 40 heavy (non-hydrogen) atoms. The zero-order chi connectivity index (χ0) is 28.1. The number of aromatic amines is 1. The number of carbonyl (C=O) groups excluding carboxylic acids is 1. The number of nitrogens with two attached hydrogens (primary N) is 1. The molecule has 2 unspecified atom stereocenters. The SMILES string of the molecule is COCCCn1c(C2CCCN(C(=O)CC(N)Cc3ccc(-c4ccc(=O)[nH]c4)cc3)C2)cc2c(C)cccc21. The van der Waals surface area contributed by atoms with Gasteiger partial charge >= 0.3 is 0 Å². The molecule has 0 aliphatic carbocycles. The van der Waals surface area contributed by atoms with Crippen molar-refractivity contribution in [2.24, 2.45) is 5.73 Å². The number of ether oxygens (including phenoxy) is 1. The number of nitrogens with one attached hydrogen (secondary N) is 1. The van der Waals surface area contributed by atoms with Gasteiger partial charge in [-0.3, -0.25) is 9.59 Å². The molecule has 0 bridgehead atoms. The lowest BCUT2D eigenvalue weighted by Crippen LogP contribution is -2.42. The Morgan fingerprint density at radius 3 is 2.67 bits per heavy atom. The molecule has 1 amide bonds. The molecule has 7 heteroatoms. The van der Waals surface area contributed by atoms with Crippen LogP contribution < -0.4 is 11.3 Å². The lowest BCUT2D eigenvalue weighted by atomic mass is 9.93. The highest BCUT2D eigenvalue weighted by Crippen LogP contribution is 2.33. The molecule has 2 aromatic heterocycles. The van der Waals surface area contributed by atoms with Crippen molar-refractivity contribution in [3.05, 3.63) is 94.0 Å². The first-order chi connectivity index (χ1) is 19.4. The Bertz CT molecular complexity index is 1480. The average molecular weight is 541 g/mol. The molecule has 2 aromatic carbocycles. The lowest BCUT2D eigenvalue weighted by Gasteiger charge is -2.34. The van der Waals surface area contributed by atoms with E-state index in [9.17, 15) is 9.59 Å². The van der Waals surface area contributed by atoms with Crippen LogP contribution >= 0.6 is 0 Å². The van der Waals surface area contributed by atoms with Crippen molar-refractivity contribution in [2.45, 2.75) is 57.5 Å². The number of amides is 1. The van der Waals surface area contributed by atoms with Gasteiger partial charge in [-0.15, -0.1) is 0 Å². The summed E-state index contributed by atoms with van der Waals surface area (Å²) in [5.41, 5.74) is 13.3. The number of H-pyrrole nitrogens is 1. The molecule has 3 N–H and O–H groups in total. The molecule has 0 spiro atoms. The number of pyridine rings is 1. The Labute approximate surface area is 236 Å². The van der Waals surface area contributed by atoms with Crippen LogP contribution in [-0.4, -0.2) is 53.2 Å². The van der Waals surface area contributed by atoms with Gasteiger partial charge in [0.25, 0.3) is 0 Å². The molecule has 1 fully saturated rings. The van der Waals surface area contributed by atoms with E-state index in [4.69, 9.17) is 10.5 Å². The molecule has 0 radical (unpaired) electrons. The number of likely N-dealkylation sites (tertiary alicyclic amines) is 1. The second-order valence-electron chi connectivity index (χ2n) is 11.1. The highest BCUT2D eigenvalue weighted by molar-refractivity contribution is 5.85. The summed E-state index contributed by atoms with van der Waals surface area (Å²) in [6.07, 6.45) is 5.73. The fourth-order valence-corrected chi connectivity index (χ4v) is 6.00. The number of benzene rings is 2. The number of hydrogen-bond donors (Lipinski definition) is 2. The molecule has 3 heterocycles. The maximum atomic E-state index is 13.4. The topological polar surface area (TPSA) is 93.3 Å². The van der Waals surface area contributed by atoms with E-state index < -0.39 is 0 Å². The number of methoxy groups -OCH3 is 1. The van der Waals surface area contributed by atoms with E-state index in [1.807, 2.05) is 35.2 Å². The Morgan fingerprint density at radius 1 is 1.12 bits per heavy atom. The number of hydrogen-bond acceptors (Lipinski definition) is 4. The summed E-state index contributed by atoms with van der Waals surface area (Å²) in [5, 5.41) is 1.30. The highest BCUT2D eigenvalue weighted by Gasteiger charge is 2.28. The van der Waals surface area contributed by atoms with Gasteiger partial charge in [0.1, 0.15) is 0 Å². The van der Waals surface area contributed by atoms with Gasteiger partial charge in [-0.2, -0.15) is 0 Å². The predicted molar refractivity (Wildman–Crippen MR) is 161 cm³/mol. The zero-order valence-electron chi connectivity index (χ0n) is 23.6. The van der Waals surface area contributed by atoms with Gasteiger partial charge in [-0.05, 0) is 73.1 Å². The van der Waals surface area contributed by atoms with E-state index in [1.54, 1.807) is 13.3 Å². The molecule has 2 atom stereocenters. The number of fused-ring (bicyclic) bond motifs is 1. The summed E-state index contributed by atoms with van der Waals surface area (Å²) < 4.78 is 7.78. The second-order valence-corrected chi connectivity index (χ2v) is 11.1. The minimum absolute atomic E-state index is 0.115. The molecule has 1 aliphatic heterocycles. The quantitative estimate of drug-likeness (QED) is 0.277. The summed E-state index contributed by atoms with van der Waals surface area (Å²) in [4.78, 5) is 29.4. The predicted octanol–water partition coefficient (Wildman–Crippen LogP) is 5.01. The second kappa shape index (κ2) is 12.7. The number of carbonyl (C=O) groups is 1. The normalized spacial score (nSPS) is 16.4. The van der Waals surface area contributed by atoms with E-state index in [0.717, 1.165) is 62.2 Å². The number of piperidine rings is 1. The number of aryl methyl sites for hydroxylation is 2. The van der Waals surface area contributed by atoms with E-state index in [1.165, 1.54) is 28.2 Å². The van der Waals surface area contributed by atoms with E-state index in [-0.39, 0.29) is 17.5 Å². The average Bonchev–Trinajstić information content (AvgIpc) is 3.34. The van der Waals surface area contributed by atoms with Gasteiger partial charge in [0.05, 0.1) is 0 Å². The molecular formula is C33H40N4O3. The van der Waals surface area contributed by atoms with Crippen LogP contribution in [0.3, 0.4) is 0 Å². The lowest BCUT2D eigenvalue weighted by molar-refractivity contribution is -0.132. The van der Waals surface area contributed by atoms with Crippen LogP contribution in [0.25, 0.3) is 22.0 Å². The fraction of sp³-hybridized carbons (Fsp3) is 0.394. The maximum absolute atomic E-state index is 13.4. The Kier molecular flexibility index (Phi) is 8.82. The molecule has 5 rings (SSSR count). The molecule has 7 nitrogen and oxygen atoms in total. The standard InChI is InChI=1S/C33H40N4O3/c1-23-6-3-8-30-29(23)20-31(37(30)16-5-17-40-2)27-7-4-15-36(22-27)33(39)19-28(34)18-24-9-11-25(12-10-24)26-13-14-32(38)35-21-26/h3,6,8-14,20-21,27-28H,4-5,7,15-19,22,34H2,1-2H3,(H,35,38). The van der Waals surface area contributed by atoms with Crippen LogP contribution in [0.15, 0.2) is 71.7 Å². The molecule has 210 valence electrons. The minimum atomic E-state index is -0.241. The van der Waals surface area contributed by atoms with E-state index in [2.05, 4.69) is 40.7 Å². The summed E-state index contributed by atoms with van der Waals surface area (Å²) in [7, 11) is 1.75. The molecule has 4 aromatic rings. The molecule has 1 saturated heterocycles. The first kappa shape index (κ1) is 27.9. The number of rotatable bonds is 10. The van der Waals surface area contributed by atoms with Crippen LogP contribution in [0.1, 0.15) is 48.4 Å². The Hall–Kier alpha value is -3.68. The third kappa shape index (κ3) is 6.37. The summed E-state index contributed by atoms with van der Waals surface area (Å²) in [6, 6.07) is 20.1. The molecule has 1 aliphatic rings.